The molecular weight excluding hydrogens is 375 g/mol. The highest BCUT2D eigenvalue weighted by Crippen LogP contribution is 2.30. The molecule has 1 atom stereocenters. The highest BCUT2D eigenvalue weighted by molar-refractivity contribution is 5.75. The Morgan fingerprint density at radius 2 is 1.71 bits per heavy atom. The number of hydrogen-bond acceptors (Lipinski definition) is 5. The fourth-order valence-electron chi connectivity index (χ4n) is 1.93. The van der Waals surface area contributed by atoms with Crippen LogP contribution in [0.25, 0.3) is 0 Å². The van der Waals surface area contributed by atoms with E-state index in [1.807, 2.05) is 0 Å². The van der Waals surface area contributed by atoms with Gasteiger partial charge < -0.3 is 14.2 Å². The van der Waals surface area contributed by atoms with Crippen molar-refractivity contribution in [3.63, 3.8) is 0 Å². The van der Waals surface area contributed by atoms with Crippen molar-refractivity contribution in [3.05, 3.63) is 48.2 Å². The van der Waals surface area contributed by atoms with Crippen molar-refractivity contribution < 1.29 is 32.2 Å². The standard InChI is InChI=1S/C20H18F3NO4/c1-5-19(3,4)28-18(25)13(2)26-15-7-9-16(10-8-15)27-17-11-6-14(12-24-17)20(21,22)23/h1,6-13H,2-4H3. The number of rotatable bonds is 6. The maximum Gasteiger partial charge on any atom is 0.417 e. The van der Waals surface area contributed by atoms with E-state index in [4.69, 9.17) is 20.6 Å². The molecule has 8 heteroatoms. The van der Waals surface area contributed by atoms with Gasteiger partial charge in [-0.15, -0.1) is 6.42 Å². The Morgan fingerprint density at radius 1 is 1.11 bits per heavy atom. The monoisotopic (exact) mass is 393 g/mol. The number of esters is 1. The summed E-state index contributed by atoms with van der Waals surface area (Å²) >= 11 is 0. The van der Waals surface area contributed by atoms with Crippen molar-refractivity contribution in [2.45, 2.75) is 38.7 Å². The van der Waals surface area contributed by atoms with Gasteiger partial charge in [-0.1, -0.05) is 5.92 Å². The Labute approximate surface area is 160 Å². The Kier molecular flexibility index (Phi) is 6.19. The van der Waals surface area contributed by atoms with Crippen LogP contribution in [0.15, 0.2) is 42.6 Å². The summed E-state index contributed by atoms with van der Waals surface area (Å²) in [4.78, 5) is 15.6. The lowest BCUT2D eigenvalue weighted by atomic mass is 10.1. The first-order chi connectivity index (χ1) is 13.0. The minimum atomic E-state index is -4.46. The van der Waals surface area contributed by atoms with Crippen LogP contribution in [0.1, 0.15) is 26.3 Å². The second-order valence-corrected chi connectivity index (χ2v) is 6.29. The van der Waals surface area contributed by atoms with Gasteiger partial charge in [0.1, 0.15) is 11.5 Å². The predicted molar refractivity (Wildman–Crippen MR) is 94.8 cm³/mol. The molecule has 2 aromatic rings. The lowest BCUT2D eigenvalue weighted by Crippen LogP contribution is -2.34. The number of hydrogen-bond donors (Lipinski definition) is 0. The predicted octanol–water partition coefficient (Wildman–Crippen LogP) is 4.62. The van der Waals surface area contributed by atoms with E-state index in [0.29, 0.717) is 17.7 Å². The number of aromatic nitrogens is 1. The maximum absolute atomic E-state index is 12.5. The van der Waals surface area contributed by atoms with Crippen LogP contribution in [-0.2, 0) is 15.7 Å². The molecule has 148 valence electrons. The fraction of sp³-hybridized carbons (Fsp3) is 0.300. The van der Waals surface area contributed by atoms with Crippen LogP contribution in [-0.4, -0.2) is 22.7 Å². The summed E-state index contributed by atoms with van der Waals surface area (Å²) in [5, 5.41) is 0. The number of ether oxygens (including phenoxy) is 3. The van der Waals surface area contributed by atoms with Gasteiger partial charge in [-0.2, -0.15) is 13.2 Å². The molecule has 28 heavy (non-hydrogen) atoms. The highest BCUT2D eigenvalue weighted by Gasteiger charge is 2.30. The molecule has 1 heterocycles. The zero-order valence-electron chi connectivity index (χ0n) is 15.4. The van der Waals surface area contributed by atoms with Crippen LogP contribution < -0.4 is 9.47 Å². The number of alkyl halides is 3. The third-order valence-corrected chi connectivity index (χ3v) is 3.46. The van der Waals surface area contributed by atoms with Gasteiger partial charge in [0.2, 0.25) is 5.88 Å². The van der Waals surface area contributed by atoms with Crippen LogP contribution in [0.3, 0.4) is 0 Å². The summed E-state index contributed by atoms with van der Waals surface area (Å²) in [6.07, 6.45) is 0.613. The third-order valence-electron chi connectivity index (χ3n) is 3.46. The Hall–Kier alpha value is -3.21. The van der Waals surface area contributed by atoms with Crippen LogP contribution in [0.5, 0.6) is 17.4 Å². The average molecular weight is 393 g/mol. The van der Waals surface area contributed by atoms with Gasteiger partial charge >= 0.3 is 12.1 Å². The molecule has 0 spiro atoms. The van der Waals surface area contributed by atoms with Gasteiger partial charge in [-0.3, -0.25) is 0 Å². The second kappa shape index (κ2) is 8.21. The Morgan fingerprint density at radius 3 is 2.21 bits per heavy atom. The Balaban J connectivity index is 1.96. The molecular formula is C20H18F3NO4. The summed E-state index contributed by atoms with van der Waals surface area (Å²) < 4.78 is 53.6. The molecule has 0 saturated heterocycles. The number of halogens is 3. The number of pyridine rings is 1. The average Bonchev–Trinajstić information content (AvgIpc) is 2.62. The molecule has 0 N–H and O–H groups in total. The first-order valence-corrected chi connectivity index (χ1v) is 8.18. The van der Waals surface area contributed by atoms with Gasteiger partial charge in [-0.25, -0.2) is 9.78 Å². The summed E-state index contributed by atoms with van der Waals surface area (Å²) in [7, 11) is 0. The minimum absolute atomic E-state index is 0.00938. The van der Waals surface area contributed by atoms with Crippen LogP contribution >= 0.6 is 0 Å². The number of nitrogens with zero attached hydrogens (tertiary/aromatic N) is 1. The van der Waals surface area contributed by atoms with E-state index in [1.165, 1.54) is 31.2 Å². The molecule has 1 unspecified atom stereocenters. The van der Waals surface area contributed by atoms with E-state index in [-0.39, 0.29) is 5.88 Å². The van der Waals surface area contributed by atoms with Crippen LogP contribution in [0.4, 0.5) is 13.2 Å². The lowest BCUT2D eigenvalue weighted by molar-refractivity contribution is -0.159. The molecule has 2 rings (SSSR count). The SMILES string of the molecule is C#CC(C)(C)OC(=O)C(C)Oc1ccc(Oc2ccc(C(F)(F)F)cn2)cc1. The van der Waals surface area contributed by atoms with Crippen LogP contribution in [0.2, 0.25) is 0 Å². The quantitative estimate of drug-likeness (QED) is 0.530. The normalized spacial score (nSPS) is 12.6. The largest absolute Gasteiger partial charge is 0.479 e. The first kappa shape index (κ1) is 21.1. The summed E-state index contributed by atoms with van der Waals surface area (Å²) in [6, 6.07) is 8.13. The molecule has 0 saturated carbocycles. The lowest BCUT2D eigenvalue weighted by Gasteiger charge is -2.21. The topological polar surface area (TPSA) is 57.7 Å². The molecule has 0 fully saturated rings. The fourth-order valence-corrected chi connectivity index (χ4v) is 1.93. The van der Waals surface area contributed by atoms with Crippen molar-refractivity contribution in [1.82, 2.24) is 4.98 Å². The van der Waals surface area contributed by atoms with Crippen molar-refractivity contribution in [1.29, 1.82) is 0 Å². The van der Waals surface area contributed by atoms with E-state index < -0.39 is 29.4 Å². The minimum Gasteiger partial charge on any atom is -0.479 e. The second-order valence-electron chi connectivity index (χ2n) is 6.29. The molecule has 1 aromatic carbocycles. The van der Waals surface area contributed by atoms with Crippen molar-refractivity contribution in [2.75, 3.05) is 0 Å². The third kappa shape index (κ3) is 5.91. The number of carbonyl (C=O) groups excluding carboxylic acids is 1. The van der Waals surface area contributed by atoms with E-state index in [9.17, 15) is 18.0 Å². The van der Waals surface area contributed by atoms with Gasteiger partial charge in [0, 0.05) is 12.3 Å². The van der Waals surface area contributed by atoms with Crippen LogP contribution in [0, 0.1) is 12.3 Å². The van der Waals surface area contributed by atoms with Gasteiger partial charge in [0.15, 0.2) is 11.7 Å². The first-order valence-electron chi connectivity index (χ1n) is 8.18. The number of benzene rings is 1. The number of carbonyl (C=O) groups is 1. The van der Waals surface area contributed by atoms with E-state index in [1.54, 1.807) is 13.8 Å². The molecule has 0 aliphatic carbocycles. The molecule has 1 aromatic heterocycles. The van der Waals surface area contributed by atoms with Gasteiger partial charge in [-0.05, 0) is 51.1 Å². The summed E-state index contributed by atoms with van der Waals surface area (Å²) in [5.74, 6) is 2.45. The summed E-state index contributed by atoms with van der Waals surface area (Å²) in [5.41, 5.74) is -1.90. The molecule has 0 aliphatic heterocycles. The van der Waals surface area contributed by atoms with Gasteiger partial charge in [0.05, 0.1) is 5.56 Å². The molecule has 0 aliphatic rings. The molecule has 0 radical (unpaired) electrons. The van der Waals surface area contributed by atoms with Crippen molar-refractivity contribution in [2.24, 2.45) is 0 Å². The molecule has 0 bridgehead atoms. The van der Waals surface area contributed by atoms with E-state index in [2.05, 4.69) is 10.9 Å². The number of terminal acetylenes is 1. The smallest absolute Gasteiger partial charge is 0.417 e. The van der Waals surface area contributed by atoms with Crippen molar-refractivity contribution >= 4 is 5.97 Å². The van der Waals surface area contributed by atoms with E-state index >= 15 is 0 Å². The molecule has 0 amide bonds. The zero-order valence-corrected chi connectivity index (χ0v) is 15.4. The highest BCUT2D eigenvalue weighted by atomic mass is 19.4. The molecule has 5 nitrogen and oxygen atoms in total. The Bertz CT molecular complexity index is 853. The van der Waals surface area contributed by atoms with Gasteiger partial charge in [0.25, 0.3) is 0 Å². The maximum atomic E-state index is 12.5. The van der Waals surface area contributed by atoms with Crippen molar-refractivity contribution in [3.8, 4) is 29.7 Å². The van der Waals surface area contributed by atoms with E-state index in [0.717, 1.165) is 12.1 Å². The zero-order chi connectivity index (χ0) is 20.9. The summed E-state index contributed by atoms with van der Waals surface area (Å²) in [6.45, 7) is 4.68.